The first kappa shape index (κ1) is 23.2. The standard InChI is InChI=1S/C31H38/c1-3-5-7-8-9-11-27-18-22-30(23-19-27)31-24-20-29(21-25-31)17-16-28-14-12-26(13-15-28)10-6-4-2/h12-15,20-21,24-25,27,30H,3-5,7-9,11,18-19,22-23H2,1-2H3/t27-,30-. The van der Waals surface area contributed by atoms with Crippen molar-refractivity contribution in [3.8, 4) is 23.7 Å². The van der Waals surface area contributed by atoms with Crippen molar-refractivity contribution in [2.75, 3.05) is 0 Å². The molecule has 0 nitrogen and oxygen atoms in total. The van der Waals surface area contributed by atoms with Crippen molar-refractivity contribution in [2.45, 2.75) is 90.4 Å². The number of hydrogen-bond acceptors (Lipinski definition) is 0. The number of hydrogen-bond donors (Lipinski definition) is 0. The first-order chi connectivity index (χ1) is 15.3. The topological polar surface area (TPSA) is 0 Å². The van der Waals surface area contributed by atoms with E-state index in [0.717, 1.165) is 34.9 Å². The lowest BCUT2D eigenvalue weighted by Gasteiger charge is -2.29. The summed E-state index contributed by atoms with van der Waals surface area (Å²) < 4.78 is 0. The normalized spacial score (nSPS) is 17.9. The van der Waals surface area contributed by atoms with Gasteiger partial charge in [0.25, 0.3) is 0 Å². The Morgan fingerprint density at radius 2 is 1.19 bits per heavy atom. The summed E-state index contributed by atoms with van der Waals surface area (Å²) in [6, 6.07) is 17.2. The summed E-state index contributed by atoms with van der Waals surface area (Å²) >= 11 is 0. The maximum Gasteiger partial charge on any atom is 0.0249 e. The molecule has 2 aromatic carbocycles. The molecule has 3 rings (SSSR count). The van der Waals surface area contributed by atoms with Gasteiger partial charge in [-0.2, -0.15) is 0 Å². The smallest absolute Gasteiger partial charge is 0.0249 e. The fraction of sp³-hybridized carbons (Fsp3) is 0.484. The van der Waals surface area contributed by atoms with Crippen molar-refractivity contribution in [2.24, 2.45) is 5.92 Å². The zero-order valence-electron chi connectivity index (χ0n) is 19.6. The fourth-order valence-electron chi connectivity index (χ4n) is 4.63. The maximum atomic E-state index is 3.31. The fourth-order valence-corrected chi connectivity index (χ4v) is 4.63. The molecule has 0 unspecified atom stereocenters. The van der Waals surface area contributed by atoms with Crippen LogP contribution >= 0.6 is 0 Å². The molecule has 0 aliphatic heterocycles. The van der Waals surface area contributed by atoms with Crippen molar-refractivity contribution in [3.05, 3.63) is 70.8 Å². The lowest BCUT2D eigenvalue weighted by Crippen LogP contribution is -2.13. The van der Waals surface area contributed by atoms with Crippen LogP contribution in [0.3, 0.4) is 0 Å². The van der Waals surface area contributed by atoms with E-state index >= 15 is 0 Å². The maximum absolute atomic E-state index is 3.31. The molecule has 1 aliphatic carbocycles. The minimum Gasteiger partial charge on any atom is -0.0982 e. The van der Waals surface area contributed by atoms with Crippen molar-refractivity contribution in [3.63, 3.8) is 0 Å². The summed E-state index contributed by atoms with van der Waals surface area (Å²) in [4.78, 5) is 0. The molecule has 0 spiro atoms. The van der Waals surface area contributed by atoms with E-state index in [1.165, 1.54) is 69.8 Å². The van der Waals surface area contributed by atoms with E-state index < -0.39 is 0 Å². The first-order valence-electron chi connectivity index (χ1n) is 12.5. The molecule has 1 fully saturated rings. The molecular formula is C31H38. The highest BCUT2D eigenvalue weighted by atomic mass is 14.3. The van der Waals surface area contributed by atoms with Crippen LogP contribution in [0.15, 0.2) is 48.5 Å². The van der Waals surface area contributed by atoms with Crippen LogP contribution in [0.25, 0.3) is 0 Å². The minimum atomic E-state index is 0.745. The summed E-state index contributed by atoms with van der Waals surface area (Å²) in [7, 11) is 0. The second-order valence-corrected chi connectivity index (χ2v) is 9.03. The van der Waals surface area contributed by atoms with Gasteiger partial charge in [0.15, 0.2) is 0 Å². The number of unbranched alkanes of at least 4 members (excludes halogenated alkanes) is 4. The number of benzene rings is 2. The molecule has 0 atom stereocenters. The summed E-state index contributed by atoms with van der Waals surface area (Å²) in [5.41, 5.74) is 4.70. The van der Waals surface area contributed by atoms with E-state index in [4.69, 9.17) is 0 Å². The van der Waals surface area contributed by atoms with Gasteiger partial charge in [0.2, 0.25) is 0 Å². The van der Waals surface area contributed by atoms with E-state index in [-0.39, 0.29) is 0 Å². The van der Waals surface area contributed by atoms with Crippen molar-refractivity contribution >= 4 is 0 Å². The van der Waals surface area contributed by atoms with Gasteiger partial charge < -0.3 is 0 Å². The average molecular weight is 411 g/mol. The lowest BCUT2D eigenvalue weighted by atomic mass is 9.77. The van der Waals surface area contributed by atoms with Gasteiger partial charge >= 0.3 is 0 Å². The molecule has 1 saturated carbocycles. The van der Waals surface area contributed by atoms with E-state index in [1.807, 2.05) is 0 Å². The third-order valence-corrected chi connectivity index (χ3v) is 6.59. The molecule has 31 heavy (non-hydrogen) atoms. The lowest BCUT2D eigenvalue weighted by molar-refractivity contribution is 0.302. The SMILES string of the molecule is CCC#Cc1ccc(C#Cc2ccc([C@H]3CC[C@H](CCCCCCC)CC3)cc2)cc1. The van der Waals surface area contributed by atoms with Gasteiger partial charge in [-0.3, -0.25) is 0 Å². The Balaban J connectivity index is 1.46. The van der Waals surface area contributed by atoms with Crippen molar-refractivity contribution in [1.82, 2.24) is 0 Å². The van der Waals surface area contributed by atoms with Crippen LogP contribution in [-0.2, 0) is 0 Å². The molecule has 0 N–H and O–H groups in total. The van der Waals surface area contributed by atoms with Gasteiger partial charge in [0.05, 0.1) is 0 Å². The van der Waals surface area contributed by atoms with Gasteiger partial charge in [0, 0.05) is 23.1 Å². The molecule has 0 aromatic heterocycles. The summed E-state index contributed by atoms with van der Waals surface area (Å²) in [5.74, 6) is 14.6. The van der Waals surface area contributed by atoms with E-state index in [2.05, 4.69) is 86.1 Å². The van der Waals surface area contributed by atoms with Crippen molar-refractivity contribution in [1.29, 1.82) is 0 Å². The zero-order valence-corrected chi connectivity index (χ0v) is 19.6. The summed E-state index contributed by atoms with van der Waals surface area (Å²) in [5, 5.41) is 0. The minimum absolute atomic E-state index is 0.745. The predicted molar refractivity (Wildman–Crippen MR) is 134 cm³/mol. The van der Waals surface area contributed by atoms with E-state index in [0.29, 0.717) is 0 Å². The van der Waals surface area contributed by atoms with Crippen LogP contribution in [0.1, 0.15) is 113 Å². The quantitative estimate of drug-likeness (QED) is 0.317. The Labute approximate surface area is 190 Å². The summed E-state index contributed by atoms with van der Waals surface area (Å²) in [6.45, 7) is 4.36. The second kappa shape index (κ2) is 13.1. The predicted octanol–water partition coefficient (Wildman–Crippen LogP) is 8.48. The van der Waals surface area contributed by atoms with Crippen LogP contribution in [-0.4, -0.2) is 0 Å². The molecular weight excluding hydrogens is 372 g/mol. The first-order valence-corrected chi connectivity index (χ1v) is 12.5. The third-order valence-electron chi connectivity index (χ3n) is 6.59. The Bertz CT molecular complexity index is 885. The highest BCUT2D eigenvalue weighted by Gasteiger charge is 2.21. The van der Waals surface area contributed by atoms with Crippen LogP contribution < -0.4 is 0 Å². The van der Waals surface area contributed by atoms with E-state index in [9.17, 15) is 0 Å². The van der Waals surface area contributed by atoms with Gasteiger partial charge in [-0.1, -0.05) is 88.2 Å². The van der Waals surface area contributed by atoms with Crippen LogP contribution in [0.4, 0.5) is 0 Å². The molecule has 2 aromatic rings. The molecule has 0 radical (unpaired) electrons. The highest BCUT2D eigenvalue weighted by molar-refractivity contribution is 5.46. The largest absolute Gasteiger partial charge is 0.0982 e. The molecule has 1 aliphatic rings. The monoisotopic (exact) mass is 410 g/mol. The molecule has 0 saturated heterocycles. The molecule has 0 bridgehead atoms. The molecule has 0 amide bonds. The number of rotatable bonds is 7. The highest BCUT2D eigenvalue weighted by Crippen LogP contribution is 2.37. The second-order valence-electron chi connectivity index (χ2n) is 9.03. The molecule has 0 heteroatoms. The average Bonchev–Trinajstić information content (AvgIpc) is 2.83. The summed E-state index contributed by atoms with van der Waals surface area (Å²) in [6.07, 6.45) is 15.0. The zero-order chi connectivity index (χ0) is 21.7. The molecule has 0 heterocycles. The van der Waals surface area contributed by atoms with Crippen LogP contribution in [0, 0.1) is 29.6 Å². The van der Waals surface area contributed by atoms with Crippen LogP contribution in [0.2, 0.25) is 0 Å². The third kappa shape index (κ3) is 7.96. The molecule has 162 valence electrons. The Hall–Kier alpha value is -2.44. The van der Waals surface area contributed by atoms with E-state index in [1.54, 1.807) is 0 Å². The Morgan fingerprint density at radius 3 is 1.77 bits per heavy atom. The Morgan fingerprint density at radius 1 is 0.645 bits per heavy atom. The van der Waals surface area contributed by atoms with Gasteiger partial charge in [0.1, 0.15) is 0 Å². The van der Waals surface area contributed by atoms with Gasteiger partial charge in [-0.15, -0.1) is 0 Å². The Kier molecular flexibility index (Phi) is 9.80. The van der Waals surface area contributed by atoms with Crippen molar-refractivity contribution < 1.29 is 0 Å². The van der Waals surface area contributed by atoms with Gasteiger partial charge in [-0.05, 0) is 79.5 Å². The van der Waals surface area contributed by atoms with Crippen LogP contribution in [0.5, 0.6) is 0 Å². The van der Waals surface area contributed by atoms with Gasteiger partial charge in [-0.25, -0.2) is 0 Å².